The van der Waals surface area contributed by atoms with Crippen LogP contribution in [0, 0.1) is 5.82 Å². The first-order valence-corrected chi connectivity index (χ1v) is 12.9. The van der Waals surface area contributed by atoms with Gasteiger partial charge in [0.2, 0.25) is 11.5 Å². The molecule has 0 radical (unpaired) electrons. The second-order valence-corrected chi connectivity index (χ2v) is 9.77. The molecule has 3 N–H and O–H groups in total. The fourth-order valence-corrected chi connectivity index (χ4v) is 5.50. The molecule has 9 heteroatoms. The second-order valence-electron chi connectivity index (χ2n) is 9.77. The lowest BCUT2D eigenvalue weighted by atomic mass is 9.90. The van der Waals surface area contributed by atoms with Crippen molar-refractivity contribution in [2.24, 2.45) is 10.7 Å². The van der Waals surface area contributed by atoms with Crippen LogP contribution in [0.5, 0.6) is 5.75 Å². The molecule has 4 aromatic rings. The minimum atomic E-state index is -0.621. The molecule has 0 spiro atoms. The van der Waals surface area contributed by atoms with Crippen molar-refractivity contribution in [3.63, 3.8) is 0 Å². The number of ether oxygens (including phenoxy) is 1. The van der Waals surface area contributed by atoms with Gasteiger partial charge in [-0.3, -0.25) is 9.59 Å². The number of halogens is 1. The van der Waals surface area contributed by atoms with Gasteiger partial charge in [0, 0.05) is 41.0 Å². The van der Waals surface area contributed by atoms with Gasteiger partial charge in [-0.1, -0.05) is 6.07 Å². The van der Waals surface area contributed by atoms with Crippen LogP contribution in [-0.4, -0.2) is 32.0 Å². The second kappa shape index (κ2) is 9.90. The molecule has 2 aliphatic heterocycles. The number of methoxy groups -OCH3 is 1. The molecule has 2 amide bonds. The average Bonchev–Trinajstić information content (AvgIpc) is 2.93. The summed E-state index contributed by atoms with van der Waals surface area (Å²) in [6.07, 6.45) is 3.90. The lowest BCUT2D eigenvalue weighted by molar-refractivity contribution is 0.0997. The Morgan fingerprint density at radius 2 is 1.90 bits per heavy atom. The number of hydrogen-bond acceptors (Lipinski definition) is 6. The van der Waals surface area contributed by atoms with Crippen molar-refractivity contribution in [3.05, 3.63) is 88.2 Å². The van der Waals surface area contributed by atoms with E-state index in [1.807, 2.05) is 0 Å². The zero-order valence-electron chi connectivity index (χ0n) is 21.4. The van der Waals surface area contributed by atoms with Crippen molar-refractivity contribution in [1.29, 1.82) is 0 Å². The average molecular weight is 527 g/mol. The molecule has 0 saturated heterocycles. The molecule has 39 heavy (non-hydrogen) atoms. The monoisotopic (exact) mass is 526 g/mol. The van der Waals surface area contributed by atoms with Crippen molar-refractivity contribution < 1.29 is 23.1 Å². The molecule has 6 rings (SSSR count). The molecule has 3 aromatic carbocycles. The van der Waals surface area contributed by atoms with Crippen LogP contribution in [0.3, 0.4) is 0 Å². The van der Waals surface area contributed by atoms with Gasteiger partial charge in [-0.05, 0) is 79.8 Å². The summed E-state index contributed by atoms with van der Waals surface area (Å²) in [7, 11) is 1.48. The Kier molecular flexibility index (Phi) is 6.26. The predicted octanol–water partition coefficient (Wildman–Crippen LogP) is 4.86. The van der Waals surface area contributed by atoms with E-state index in [1.54, 1.807) is 24.3 Å². The molecule has 0 fully saturated rings. The molecule has 0 saturated carbocycles. The fourth-order valence-electron chi connectivity index (χ4n) is 5.50. The largest absolute Gasteiger partial charge is 0.494 e. The highest BCUT2D eigenvalue weighted by Gasteiger charge is 2.27. The Morgan fingerprint density at radius 3 is 2.67 bits per heavy atom. The van der Waals surface area contributed by atoms with Gasteiger partial charge in [-0.2, -0.15) is 0 Å². The summed E-state index contributed by atoms with van der Waals surface area (Å²) in [6.45, 7) is 2.02. The molecular weight excluding hydrogens is 499 g/mol. The Bertz CT molecular complexity index is 1710. The molecule has 0 unspecified atom stereocenters. The van der Waals surface area contributed by atoms with E-state index in [1.165, 1.54) is 42.6 Å². The first-order chi connectivity index (χ1) is 18.9. The van der Waals surface area contributed by atoms with Gasteiger partial charge in [0.1, 0.15) is 28.4 Å². The van der Waals surface area contributed by atoms with Crippen LogP contribution in [0.1, 0.15) is 44.7 Å². The van der Waals surface area contributed by atoms with E-state index in [0.29, 0.717) is 17.0 Å². The van der Waals surface area contributed by atoms with Gasteiger partial charge >= 0.3 is 0 Å². The molecule has 0 bridgehead atoms. The number of carbonyl (C=O) groups excluding carboxylic acids is 2. The Morgan fingerprint density at radius 1 is 1.08 bits per heavy atom. The van der Waals surface area contributed by atoms with E-state index in [2.05, 4.69) is 21.3 Å². The van der Waals surface area contributed by atoms with Crippen LogP contribution in [0.25, 0.3) is 11.0 Å². The van der Waals surface area contributed by atoms with Gasteiger partial charge in [-0.25, -0.2) is 9.38 Å². The number of rotatable bonds is 5. The van der Waals surface area contributed by atoms with E-state index < -0.39 is 17.6 Å². The van der Waals surface area contributed by atoms with Crippen molar-refractivity contribution >= 4 is 39.8 Å². The van der Waals surface area contributed by atoms with Crippen molar-refractivity contribution in [2.45, 2.75) is 25.7 Å². The van der Waals surface area contributed by atoms with Crippen LogP contribution in [0.15, 0.2) is 64.0 Å². The minimum Gasteiger partial charge on any atom is -0.494 e. The van der Waals surface area contributed by atoms with E-state index in [9.17, 15) is 14.0 Å². The quantitative estimate of drug-likeness (QED) is 0.386. The number of aryl methyl sites for hydroxylation is 2. The third-order valence-corrected chi connectivity index (χ3v) is 7.24. The lowest BCUT2D eigenvalue weighted by Crippen LogP contribution is -2.34. The minimum absolute atomic E-state index is 0.0421. The van der Waals surface area contributed by atoms with Gasteiger partial charge in [-0.15, -0.1) is 0 Å². The summed E-state index contributed by atoms with van der Waals surface area (Å²) in [5, 5.41) is 3.54. The number of nitrogens with zero attached hydrogens (tertiary/aromatic N) is 2. The van der Waals surface area contributed by atoms with E-state index in [-0.39, 0.29) is 22.4 Å². The molecule has 3 heterocycles. The smallest absolute Gasteiger partial charge is 0.261 e. The summed E-state index contributed by atoms with van der Waals surface area (Å²) in [6, 6.07) is 14.1. The van der Waals surface area contributed by atoms with Crippen molar-refractivity contribution in [3.8, 4) is 5.75 Å². The Balaban J connectivity index is 1.59. The Labute approximate surface area is 223 Å². The van der Waals surface area contributed by atoms with Crippen molar-refractivity contribution in [1.82, 2.24) is 0 Å². The van der Waals surface area contributed by atoms with E-state index >= 15 is 0 Å². The molecule has 0 aliphatic carbocycles. The standard InChI is InChI=1S/C30H27FN4O4/c1-38-25-10-9-18(28(32)36)15-24(25)34-30-23(29(37)33-21-7-2-6-20(31)16-21)14-19-13-17-5-3-11-35-12-4-8-22(26(17)35)27(19)39-30/h2,6-7,9-10,13-16H,3-5,8,11-12H2,1H3,(H2,32,36)(H,33,37). The SMILES string of the molecule is COc1ccc(C(N)=O)cc1N=c1oc2c3c4c(cc2cc1C(=O)Nc1cccc(F)c1)CCCN4CCC3. The molecular formula is C30H27FN4O4. The first-order valence-electron chi connectivity index (χ1n) is 12.9. The van der Waals surface area contributed by atoms with Gasteiger partial charge in [0.25, 0.3) is 5.91 Å². The number of primary amides is 1. The highest BCUT2D eigenvalue weighted by Crippen LogP contribution is 2.40. The number of amides is 2. The summed E-state index contributed by atoms with van der Waals surface area (Å²) < 4.78 is 25.7. The van der Waals surface area contributed by atoms with Gasteiger partial charge in [0.05, 0.1) is 7.11 Å². The number of hydrogen-bond donors (Lipinski definition) is 2. The third-order valence-electron chi connectivity index (χ3n) is 7.24. The van der Waals surface area contributed by atoms with Crippen LogP contribution in [-0.2, 0) is 12.8 Å². The van der Waals surface area contributed by atoms with Crippen LogP contribution in [0.2, 0.25) is 0 Å². The zero-order chi connectivity index (χ0) is 27.1. The number of nitrogens with two attached hydrogens (primary N) is 1. The number of carbonyl (C=O) groups is 2. The summed E-state index contributed by atoms with van der Waals surface area (Å²) in [5.41, 5.74) is 10.8. The first kappa shape index (κ1) is 24.7. The summed E-state index contributed by atoms with van der Waals surface area (Å²) >= 11 is 0. The van der Waals surface area contributed by atoms with Crippen LogP contribution >= 0.6 is 0 Å². The lowest BCUT2D eigenvalue weighted by Gasteiger charge is -2.37. The van der Waals surface area contributed by atoms with Gasteiger partial charge in [0.15, 0.2) is 0 Å². The third kappa shape index (κ3) is 4.60. The molecule has 8 nitrogen and oxygen atoms in total. The maximum atomic E-state index is 13.8. The highest BCUT2D eigenvalue weighted by molar-refractivity contribution is 6.06. The highest BCUT2D eigenvalue weighted by atomic mass is 19.1. The van der Waals surface area contributed by atoms with Crippen molar-refractivity contribution in [2.75, 3.05) is 30.4 Å². The number of anilines is 2. The van der Waals surface area contributed by atoms with E-state index in [4.69, 9.17) is 14.9 Å². The molecule has 2 aliphatic rings. The fraction of sp³-hybridized carbons (Fsp3) is 0.233. The Hall–Kier alpha value is -4.66. The predicted molar refractivity (Wildman–Crippen MR) is 146 cm³/mol. The van der Waals surface area contributed by atoms with Crippen LogP contribution in [0.4, 0.5) is 21.5 Å². The number of fused-ring (bicyclic) bond motifs is 2. The topological polar surface area (TPSA) is 110 Å². The van der Waals surface area contributed by atoms with E-state index in [0.717, 1.165) is 49.7 Å². The zero-order valence-corrected chi connectivity index (χ0v) is 21.4. The summed E-state index contributed by atoms with van der Waals surface area (Å²) in [5.74, 6) is -1.22. The molecule has 198 valence electrons. The van der Waals surface area contributed by atoms with Gasteiger partial charge < -0.3 is 25.1 Å². The molecule has 1 aromatic heterocycles. The summed E-state index contributed by atoms with van der Waals surface area (Å²) in [4.78, 5) is 32.5. The maximum Gasteiger partial charge on any atom is 0.261 e. The maximum absolute atomic E-state index is 13.8. The normalized spacial score (nSPS) is 14.7. The number of benzene rings is 3. The van der Waals surface area contributed by atoms with Crippen LogP contribution < -0.4 is 26.2 Å². The number of nitrogens with one attached hydrogen (secondary N) is 1. The molecule has 0 atom stereocenters.